The summed E-state index contributed by atoms with van der Waals surface area (Å²) in [4.78, 5) is 15.1. The number of hydrogen-bond donors (Lipinski definition) is 1. The van der Waals surface area contributed by atoms with Gasteiger partial charge in [0.05, 0.1) is 22.6 Å². The number of hydrogen-bond acceptors (Lipinski definition) is 5. The molecule has 19 heavy (non-hydrogen) atoms. The van der Waals surface area contributed by atoms with Crippen LogP contribution in [-0.4, -0.2) is 24.8 Å². The molecule has 98 valence electrons. The van der Waals surface area contributed by atoms with E-state index in [0.29, 0.717) is 6.54 Å². The number of nitro groups is 1. The Hall–Kier alpha value is -1.86. The van der Waals surface area contributed by atoms with Crippen molar-refractivity contribution in [1.29, 1.82) is 0 Å². The van der Waals surface area contributed by atoms with Crippen LogP contribution in [-0.2, 0) is 6.54 Å². The standard InChI is InChI=1S/C12H11N3O3S/c16-12-9-2-1-8(15(17)18)5-10(9)19-11(12)6-14-4-3-13-7-14/h1-5,7,11-12,16H,6H2/t11-,12-/m0/s1. The molecule has 1 aromatic heterocycles. The van der Waals surface area contributed by atoms with E-state index in [4.69, 9.17) is 0 Å². The van der Waals surface area contributed by atoms with E-state index in [1.807, 2.05) is 10.8 Å². The Morgan fingerprint density at radius 3 is 3.05 bits per heavy atom. The molecule has 0 saturated carbocycles. The number of imidazole rings is 1. The van der Waals surface area contributed by atoms with Crippen molar-refractivity contribution in [1.82, 2.24) is 9.55 Å². The van der Waals surface area contributed by atoms with Crippen LogP contribution in [0.2, 0.25) is 0 Å². The Kier molecular flexibility index (Phi) is 3.00. The lowest BCUT2D eigenvalue weighted by Gasteiger charge is -2.14. The van der Waals surface area contributed by atoms with Gasteiger partial charge >= 0.3 is 0 Å². The van der Waals surface area contributed by atoms with Gasteiger partial charge in [-0.1, -0.05) is 0 Å². The molecule has 0 fully saturated rings. The number of thioether (sulfide) groups is 1. The third-order valence-electron chi connectivity index (χ3n) is 3.11. The minimum atomic E-state index is -0.608. The fourth-order valence-corrected chi connectivity index (χ4v) is 3.51. The molecule has 0 bridgehead atoms. The van der Waals surface area contributed by atoms with Gasteiger partial charge in [-0.05, 0) is 11.6 Å². The zero-order chi connectivity index (χ0) is 13.4. The van der Waals surface area contributed by atoms with E-state index >= 15 is 0 Å². The molecule has 2 atom stereocenters. The molecule has 3 rings (SSSR count). The summed E-state index contributed by atoms with van der Waals surface area (Å²) in [6.45, 7) is 0.619. The first-order chi connectivity index (χ1) is 9.15. The number of fused-ring (bicyclic) bond motifs is 1. The van der Waals surface area contributed by atoms with E-state index in [1.54, 1.807) is 18.6 Å². The Labute approximate surface area is 113 Å². The Morgan fingerprint density at radius 2 is 2.37 bits per heavy atom. The molecule has 1 N–H and O–H groups in total. The highest BCUT2D eigenvalue weighted by molar-refractivity contribution is 8.00. The molecule has 0 unspecified atom stereocenters. The third-order valence-corrected chi connectivity index (χ3v) is 4.42. The number of non-ortho nitro benzene ring substituents is 1. The van der Waals surface area contributed by atoms with Crippen LogP contribution in [0.3, 0.4) is 0 Å². The molecule has 0 spiro atoms. The van der Waals surface area contributed by atoms with Gasteiger partial charge in [0.15, 0.2) is 0 Å². The average Bonchev–Trinajstić information content (AvgIpc) is 2.99. The first kappa shape index (κ1) is 12.2. The first-order valence-electron chi connectivity index (χ1n) is 5.74. The van der Waals surface area contributed by atoms with Gasteiger partial charge < -0.3 is 9.67 Å². The smallest absolute Gasteiger partial charge is 0.270 e. The molecule has 0 aliphatic carbocycles. The molecule has 1 aliphatic heterocycles. The second kappa shape index (κ2) is 4.67. The van der Waals surface area contributed by atoms with E-state index in [-0.39, 0.29) is 10.9 Å². The highest BCUT2D eigenvalue weighted by Crippen LogP contribution is 2.45. The van der Waals surface area contributed by atoms with E-state index in [0.717, 1.165) is 10.5 Å². The van der Waals surface area contributed by atoms with Crippen LogP contribution in [0.5, 0.6) is 0 Å². The maximum atomic E-state index is 10.7. The zero-order valence-corrected chi connectivity index (χ0v) is 10.7. The lowest BCUT2D eigenvalue weighted by Crippen LogP contribution is -2.16. The molecule has 2 aromatic rings. The van der Waals surface area contributed by atoms with Gasteiger partial charge in [-0.15, -0.1) is 11.8 Å². The molecular formula is C12H11N3O3S. The Balaban J connectivity index is 1.84. The van der Waals surface area contributed by atoms with Crippen LogP contribution >= 0.6 is 11.8 Å². The van der Waals surface area contributed by atoms with Crippen LogP contribution in [0.15, 0.2) is 41.8 Å². The summed E-state index contributed by atoms with van der Waals surface area (Å²) in [6.07, 6.45) is 4.60. The van der Waals surface area contributed by atoms with Gasteiger partial charge in [0.25, 0.3) is 5.69 Å². The van der Waals surface area contributed by atoms with Crippen LogP contribution in [0, 0.1) is 10.1 Å². The quantitative estimate of drug-likeness (QED) is 0.685. The van der Waals surface area contributed by atoms with Crippen molar-refractivity contribution in [2.45, 2.75) is 22.8 Å². The number of aromatic nitrogens is 2. The molecule has 1 aromatic carbocycles. The Morgan fingerprint density at radius 1 is 1.53 bits per heavy atom. The normalized spacial score (nSPS) is 21.3. The van der Waals surface area contributed by atoms with Gasteiger partial charge in [0, 0.05) is 36.0 Å². The number of aliphatic hydroxyl groups is 1. The molecule has 0 radical (unpaired) electrons. The average molecular weight is 277 g/mol. The summed E-state index contributed by atoms with van der Waals surface area (Å²) in [6, 6.07) is 4.60. The summed E-state index contributed by atoms with van der Waals surface area (Å²) < 4.78 is 1.89. The minimum absolute atomic E-state index is 0.0498. The van der Waals surface area contributed by atoms with Crippen molar-refractivity contribution in [3.8, 4) is 0 Å². The van der Waals surface area contributed by atoms with Gasteiger partial charge in [-0.2, -0.15) is 0 Å². The van der Waals surface area contributed by atoms with Gasteiger partial charge in [0.1, 0.15) is 0 Å². The van der Waals surface area contributed by atoms with Crippen LogP contribution < -0.4 is 0 Å². The van der Waals surface area contributed by atoms with Crippen molar-refractivity contribution in [2.75, 3.05) is 0 Å². The Bertz CT molecular complexity index is 615. The number of nitro benzene ring substituents is 1. The summed E-state index contributed by atoms with van der Waals surface area (Å²) >= 11 is 1.47. The second-order valence-corrected chi connectivity index (χ2v) is 5.62. The van der Waals surface area contributed by atoms with Crippen LogP contribution in [0.1, 0.15) is 11.7 Å². The number of rotatable bonds is 3. The molecular weight excluding hydrogens is 266 g/mol. The molecule has 1 aliphatic rings. The molecule has 7 heteroatoms. The van der Waals surface area contributed by atoms with Gasteiger partial charge in [-0.25, -0.2) is 4.98 Å². The van der Waals surface area contributed by atoms with Crippen LogP contribution in [0.4, 0.5) is 5.69 Å². The minimum Gasteiger partial charge on any atom is -0.387 e. The van der Waals surface area contributed by atoms with Crippen molar-refractivity contribution in [3.05, 3.63) is 52.6 Å². The number of nitrogens with zero attached hydrogens (tertiary/aromatic N) is 3. The largest absolute Gasteiger partial charge is 0.387 e. The monoisotopic (exact) mass is 277 g/mol. The van der Waals surface area contributed by atoms with Crippen molar-refractivity contribution >= 4 is 17.4 Å². The maximum absolute atomic E-state index is 10.7. The topological polar surface area (TPSA) is 81.2 Å². The van der Waals surface area contributed by atoms with Crippen LogP contribution in [0.25, 0.3) is 0 Å². The molecule has 2 heterocycles. The lowest BCUT2D eigenvalue weighted by molar-refractivity contribution is -0.385. The summed E-state index contributed by atoms with van der Waals surface area (Å²) in [5, 5.41) is 20.9. The van der Waals surface area contributed by atoms with Gasteiger partial charge in [0.2, 0.25) is 0 Å². The summed E-state index contributed by atoms with van der Waals surface area (Å²) in [5.41, 5.74) is 0.822. The lowest BCUT2D eigenvalue weighted by atomic mass is 10.1. The predicted octanol–water partition coefficient (Wildman–Crippen LogP) is 2.00. The van der Waals surface area contributed by atoms with E-state index in [2.05, 4.69) is 4.98 Å². The zero-order valence-electron chi connectivity index (χ0n) is 9.84. The highest BCUT2D eigenvalue weighted by atomic mass is 32.2. The van der Waals surface area contributed by atoms with E-state index in [1.165, 1.54) is 23.9 Å². The molecule has 0 saturated heterocycles. The van der Waals surface area contributed by atoms with Crippen molar-refractivity contribution < 1.29 is 10.0 Å². The third kappa shape index (κ3) is 2.22. The predicted molar refractivity (Wildman–Crippen MR) is 69.9 cm³/mol. The van der Waals surface area contributed by atoms with Crippen molar-refractivity contribution in [3.63, 3.8) is 0 Å². The SMILES string of the molecule is O=[N+]([O-])c1ccc2c(c1)S[C@@H](Cn1ccnc1)[C@H]2O. The fraction of sp³-hybridized carbons (Fsp3) is 0.250. The number of benzene rings is 1. The summed E-state index contributed by atoms with van der Waals surface area (Å²) in [5.74, 6) is 0. The molecule has 0 amide bonds. The highest BCUT2D eigenvalue weighted by Gasteiger charge is 2.33. The fourth-order valence-electron chi connectivity index (χ4n) is 2.15. The van der Waals surface area contributed by atoms with Crippen molar-refractivity contribution in [2.24, 2.45) is 0 Å². The number of aliphatic hydroxyl groups excluding tert-OH is 1. The maximum Gasteiger partial charge on any atom is 0.270 e. The van der Waals surface area contributed by atoms with E-state index in [9.17, 15) is 15.2 Å². The van der Waals surface area contributed by atoms with Gasteiger partial charge in [-0.3, -0.25) is 10.1 Å². The first-order valence-corrected chi connectivity index (χ1v) is 6.62. The second-order valence-electron chi connectivity index (χ2n) is 4.34. The summed E-state index contributed by atoms with van der Waals surface area (Å²) in [7, 11) is 0. The molecule has 6 nitrogen and oxygen atoms in total. The van der Waals surface area contributed by atoms with E-state index < -0.39 is 11.0 Å².